The molecule has 0 spiro atoms. The van der Waals surface area contributed by atoms with E-state index in [0.717, 1.165) is 16.9 Å². The lowest BCUT2D eigenvalue weighted by Crippen LogP contribution is -2.34. The Bertz CT molecular complexity index is 1110. The van der Waals surface area contributed by atoms with Gasteiger partial charge < -0.3 is 19.5 Å². The van der Waals surface area contributed by atoms with Crippen LogP contribution in [0.3, 0.4) is 0 Å². The summed E-state index contributed by atoms with van der Waals surface area (Å²) in [6.07, 6.45) is 0. The number of nitrogens with zero attached hydrogens (tertiary/aromatic N) is 2. The minimum atomic E-state index is -0.302. The summed E-state index contributed by atoms with van der Waals surface area (Å²) in [5, 5.41) is 7.14. The van der Waals surface area contributed by atoms with Crippen molar-refractivity contribution in [1.82, 2.24) is 15.1 Å². The van der Waals surface area contributed by atoms with Gasteiger partial charge in [-0.25, -0.2) is 4.68 Å². The Morgan fingerprint density at radius 1 is 1.03 bits per heavy atom. The highest BCUT2D eigenvalue weighted by atomic mass is 16.5. The van der Waals surface area contributed by atoms with Crippen molar-refractivity contribution in [3.63, 3.8) is 0 Å². The highest BCUT2D eigenvalue weighted by Gasteiger charge is 2.09. The number of amides is 1. The van der Waals surface area contributed by atoms with Gasteiger partial charge in [0.2, 0.25) is 0 Å². The number of aryl methyl sites for hydroxylation is 1. The van der Waals surface area contributed by atoms with Crippen LogP contribution in [-0.2, 0) is 11.3 Å². The summed E-state index contributed by atoms with van der Waals surface area (Å²) in [6.45, 7) is 4.79. The van der Waals surface area contributed by atoms with Crippen LogP contribution < -0.4 is 25.1 Å². The van der Waals surface area contributed by atoms with Crippen LogP contribution in [0.15, 0.2) is 59.4 Å². The van der Waals surface area contributed by atoms with Crippen LogP contribution in [0.1, 0.15) is 12.5 Å². The minimum absolute atomic E-state index is 0.159. The van der Waals surface area contributed by atoms with Gasteiger partial charge in [0, 0.05) is 18.2 Å². The Kier molecular flexibility index (Phi) is 7.85. The maximum absolute atomic E-state index is 12.2. The molecule has 8 nitrogen and oxygen atoms in total. The van der Waals surface area contributed by atoms with Crippen molar-refractivity contribution in [2.75, 3.05) is 26.9 Å². The van der Waals surface area contributed by atoms with Crippen LogP contribution in [0.2, 0.25) is 0 Å². The number of ether oxygens (including phenoxy) is 3. The second-order valence-electron chi connectivity index (χ2n) is 7.03. The number of hydrogen-bond acceptors (Lipinski definition) is 6. The van der Waals surface area contributed by atoms with E-state index in [1.165, 1.54) is 10.7 Å². The molecule has 0 aliphatic heterocycles. The lowest BCUT2D eigenvalue weighted by molar-refractivity contribution is -0.123. The van der Waals surface area contributed by atoms with Crippen molar-refractivity contribution in [2.45, 2.75) is 20.4 Å². The van der Waals surface area contributed by atoms with Crippen LogP contribution in [0.25, 0.3) is 11.3 Å². The van der Waals surface area contributed by atoms with E-state index in [2.05, 4.69) is 10.4 Å². The second-order valence-corrected chi connectivity index (χ2v) is 7.03. The Morgan fingerprint density at radius 3 is 2.53 bits per heavy atom. The second kappa shape index (κ2) is 11.0. The van der Waals surface area contributed by atoms with E-state index < -0.39 is 0 Å². The summed E-state index contributed by atoms with van der Waals surface area (Å²) in [7, 11) is 1.55. The molecular formula is C24H27N3O5. The van der Waals surface area contributed by atoms with E-state index in [1.54, 1.807) is 19.2 Å². The molecule has 0 atom stereocenters. The first-order chi connectivity index (χ1) is 15.5. The zero-order chi connectivity index (χ0) is 22.9. The number of rotatable bonds is 10. The number of carbonyl (C=O) groups is 1. The normalized spacial score (nSPS) is 10.5. The van der Waals surface area contributed by atoms with Gasteiger partial charge in [0.15, 0.2) is 18.1 Å². The monoisotopic (exact) mass is 437 g/mol. The summed E-state index contributed by atoms with van der Waals surface area (Å²) in [5.41, 5.74) is 2.32. The standard InChI is InChI=1S/C24H27N3O5/c1-4-31-19-8-6-18(7-9-19)20-10-12-24(29)27(26-20)14-13-25-23(28)16-32-21-11-5-17(2)15-22(21)30-3/h5-12,15H,4,13-14,16H2,1-3H3,(H,25,28). The van der Waals surface area contributed by atoms with Crippen LogP contribution in [-0.4, -0.2) is 42.6 Å². The molecule has 0 unspecified atom stereocenters. The summed E-state index contributed by atoms with van der Waals surface area (Å²) >= 11 is 0. The molecule has 0 fully saturated rings. The fraction of sp³-hybridized carbons (Fsp3) is 0.292. The molecule has 8 heteroatoms. The highest BCUT2D eigenvalue weighted by molar-refractivity contribution is 5.77. The quantitative estimate of drug-likeness (QED) is 0.524. The zero-order valence-electron chi connectivity index (χ0n) is 18.5. The van der Waals surface area contributed by atoms with Gasteiger partial charge in [-0.3, -0.25) is 9.59 Å². The van der Waals surface area contributed by atoms with Crippen molar-refractivity contribution in [3.8, 4) is 28.5 Å². The van der Waals surface area contributed by atoms with Crippen molar-refractivity contribution >= 4 is 5.91 Å². The number of methoxy groups -OCH3 is 1. The van der Waals surface area contributed by atoms with E-state index in [1.807, 2.05) is 50.2 Å². The Hall–Kier alpha value is -3.81. The molecule has 1 aromatic heterocycles. The SMILES string of the molecule is CCOc1ccc(-c2ccc(=O)n(CCNC(=O)COc3ccc(C)cc3OC)n2)cc1. The van der Waals surface area contributed by atoms with E-state index in [0.29, 0.717) is 23.8 Å². The van der Waals surface area contributed by atoms with Gasteiger partial charge in [0.05, 0.1) is 26.0 Å². The van der Waals surface area contributed by atoms with Gasteiger partial charge in [0.1, 0.15) is 5.75 Å². The van der Waals surface area contributed by atoms with Gasteiger partial charge in [0.25, 0.3) is 11.5 Å². The van der Waals surface area contributed by atoms with Crippen LogP contribution in [0.5, 0.6) is 17.2 Å². The Balaban J connectivity index is 1.54. The van der Waals surface area contributed by atoms with Crippen molar-refractivity contribution in [3.05, 3.63) is 70.5 Å². The average Bonchev–Trinajstić information content (AvgIpc) is 2.80. The molecule has 1 amide bonds. The molecule has 3 rings (SSSR count). The van der Waals surface area contributed by atoms with Gasteiger partial charge in [-0.15, -0.1) is 0 Å². The van der Waals surface area contributed by atoms with E-state index in [-0.39, 0.29) is 31.2 Å². The molecule has 0 aliphatic carbocycles. The molecule has 168 valence electrons. The lowest BCUT2D eigenvalue weighted by Gasteiger charge is -2.12. The summed E-state index contributed by atoms with van der Waals surface area (Å²) in [4.78, 5) is 24.3. The van der Waals surface area contributed by atoms with Crippen molar-refractivity contribution in [1.29, 1.82) is 0 Å². The largest absolute Gasteiger partial charge is 0.494 e. The smallest absolute Gasteiger partial charge is 0.266 e. The molecule has 1 heterocycles. The molecular weight excluding hydrogens is 410 g/mol. The summed E-state index contributed by atoms with van der Waals surface area (Å²) < 4.78 is 17.6. The maximum Gasteiger partial charge on any atom is 0.266 e. The van der Waals surface area contributed by atoms with Gasteiger partial charge in [-0.1, -0.05) is 6.07 Å². The third-order valence-corrected chi connectivity index (χ3v) is 4.65. The van der Waals surface area contributed by atoms with Crippen LogP contribution >= 0.6 is 0 Å². The van der Waals surface area contributed by atoms with E-state index in [9.17, 15) is 9.59 Å². The average molecular weight is 437 g/mol. The fourth-order valence-corrected chi connectivity index (χ4v) is 3.04. The summed E-state index contributed by atoms with van der Waals surface area (Å²) in [6, 6.07) is 16.1. The first-order valence-corrected chi connectivity index (χ1v) is 10.4. The lowest BCUT2D eigenvalue weighted by atomic mass is 10.1. The van der Waals surface area contributed by atoms with Gasteiger partial charge in [-0.05, 0) is 61.9 Å². The van der Waals surface area contributed by atoms with E-state index >= 15 is 0 Å². The molecule has 0 bridgehead atoms. The summed E-state index contributed by atoms with van der Waals surface area (Å²) in [5.74, 6) is 1.54. The third kappa shape index (κ3) is 6.10. The first kappa shape index (κ1) is 22.9. The van der Waals surface area contributed by atoms with Gasteiger partial charge in [-0.2, -0.15) is 5.10 Å². The molecule has 0 saturated carbocycles. The topological polar surface area (TPSA) is 91.7 Å². The maximum atomic E-state index is 12.2. The van der Waals surface area contributed by atoms with Crippen LogP contribution in [0, 0.1) is 6.92 Å². The molecule has 0 radical (unpaired) electrons. The highest BCUT2D eigenvalue weighted by Crippen LogP contribution is 2.27. The zero-order valence-corrected chi connectivity index (χ0v) is 18.5. The Labute approximate surface area is 186 Å². The molecule has 3 aromatic rings. The molecule has 0 aliphatic rings. The minimum Gasteiger partial charge on any atom is -0.494 e. The van der Waals surface area contributed by atoms with E-state index in [4.69, 9.17) is 14.2 Å². The molecule has 1 N–H and O–H groups in total. The number of benzene rings is 2. The van der Waals surface area contributed by atoms with Gasteiger partial charge >= 0.3 is 0 Å². The fourth-order valence-electron chi connectivity index (χ4n) is 3.04. The predicted octanol–water partition coefficient (Wildman–Crippen LogP) is 2.82. The number of hydrogen-bond donors (Lipinski definition) is 1. The molecule has 32 heavy (non-hydrogen) atoms. The predicted molar refractivity (Wildman–Crippen MR) is 121 cm³/mol. The van der Waals surface area contributed by atoms with Crippen LogP contribution in [0.4, 0.5) is 0 Å². The number of nitrogens with one attached hydrogen (secondary N) is 1. The van der Waals surface area contributed by atoms with Crippen molar-refractivity contribution < 1.29 is 19.0 Å². The molecule has 0 saturated heterocycles. The Morgan fingerprint density at radius 2 is 1.81 bits per heavy atom. The molecule has 2 aromatic carbocycles. The number of carbonyl (C=O) groups excluding carboxylic acids is 1. The number of aromatic nitrogens is 2. The van der Waals surface area contributed by atoms with Crippen molar-refractivity contribution in [2.24, 2.45) is 0 Å². The third-order valence-electron chi connectivity index (χ3n) is 4.65. The first-order valence-electron chi connectivity index (χ1n) is 10.4.